The molecule has 2 fully saturated rings. The van der Waals surface area contributed by atoms with Crippen LogP contribution in [0.2, 0.25) is 0 Å². The van der Waals surface area contributed by atoms with Crippen molar-refractivity contribution in [1.82, 2.24) is 10.2 Å². The van der Waals surface area contributed by atoms with Crippen molar-refractivity contribution in [3.63, 3.8) is 0 Å². The van der Waals surface area contributed by atoms with E-state index in [-0.39, 0.29) is 35.9 Å². The topological polar surface area (TPSA) is 61.4 Å². The monoisotopic (exact) mass is 485 g/mol. The number of fused-ring (bicyclic) bond motifs is 3. The minimum Gasteiger partial charge on any atom is -0.378 e. The normalized spacial score (nSPS) is 27.4. The number of thiophene rings is 1. The lowest BCUT2D eigenvalue weighted by Gasteiger charge is -2.42. The van der Waals surface area contributed by atoms with Gasteiger partial charge >= 0.3 is 0 Å². The number of benzene rings is 2. The molecule has 6 heteroatoms. The summed E-state index contributed by atoms with van der Waals surface area (Å²) in [6, 6.07) is 22.9. The van der Waals surface area contributed by atoms with Crippen molar-refractivity contribution < 1.29 is 9.59 Å². The van der Waals surface area contributed by atoms with Crippen LogP contribution >= 0.6 is 11.3 Å². The van der Waals surface area contributed by atoms with Gasteiger partial charge in [0, 0.05) is 24.2 Å². The lowest BCUT2D eigenvalue weighted by Crippen LogP contribution is -2.50. The van der Waals surface area contributed by atoms with E-state index in [9.17, 15) is 9.59 Å². The SMILES string of the molecule is O=C(N[C@@H]1CCCC[C@@H]1C(=O)N1CC[C@@H]2[C@H](c3ccccc3)Nc3ccccc3[C@@H]21)c1cccs1. The summed E-state index contributed by atoms with van der Waals surface area (Å²) in [7, 11) is 0. The molecule has 2 N–H and O–H groups in total. The number of nitrogens with one attached hydrogen (secondary N) is 2. The van der Waals surface area contributed by atoms with Crippen molar-refractivity contribution in [3.8, 4) is 0 Å². The number of nitrogens with zero attached hydrogens (tertiary/aromatic N) is 1. The Bertz CT molecular complexity index is 1200. The summed E-state index contributed by atoms with van der Waals surface area (Å²) >= 11 is 1.45. The Hall–Kier alpha value is -3.12. The molecule has 1 aromatic heterocycles. The first kappa shape index (κ1) is 22.4. The first-order valence-electron chi connectivity index (χ1n) is 12.8. The first-order chi connectivity index (χ1) is 17.2. The zero-order chi connectivity index (χ0) is 23.8. The second kappa shape index (κ2) is 9.50. The summed E-state index contributed by atoms with van der Waals surface area (Å²) < 4.78 is 0. The van der Waals surface area contributed by atoms with Crippen LogP contribution in [0.5, 0.6) is 0 Å². The second-order valence-corrected chi connectivity index (χ2v) is 10.9. The predicted molar refractivity (Wildman–Crippen MR) is 139 cm³/mol. The van der Waals surface area contributed by atoms with E-state index in [1.165, 1.54) is 22.5 Å². The minimum absolute atomic E-state index is 0.0552. The molecule has 180 valence electrons. The maximum absolute atomic E-state index is 14.1. The van der Waals surface area contributed by atoms with Gasteiger partial charge in [-0.05, 0) is 47.9 Å². The summed E-state index contributed by atoms with van der Waals surface area (Å²) in [6.45, 7) is 0.760. The molecule has 0 spiro atoms. The van der Waals surface area contributed by atoms with Gasteiger partial charge < -0.3 is 15.5 Å². The number of para-hydroxylation sites is 1. The molecule has 1 aliphatic carbocycles. The third-order valence-electron chi connectivity index (χ3n) is 8.05. The van der Waals surface area contributed by atoms with E-state index in [0.717, 1.165) is 44.3 Å². The van der Waals surface area contributed by atoms with E-state index < -0.39 is 0 Å². The molecule has 0 radical (unpaired) electrons. The highest BCUT2D eigenvalue weighted by atomic mass is 32.1. The van der Waals surface area contributed by atoms with Crippen molar-refractivity contribution in [1.29, 1.82) is 0 Å². The molecule has 0 unspecified atom stereocenters. The highest BCUT2D eigenvalue weighted by Crippen LogP contribution is 2.51. The molecular formula is C29H31N3O2S. The van der Waals surface area contributed by atoms with Crippen LogP contribution in [0.4, 0.5) is 5.69 Å². The van der Waals surface area contributed by atoms with Crippen molar-refractivity contribution in [2.75, 3.05) is 11.9 Å². The van der Waals surface area contributed by atoms with Crippen molar-refractivity contribution in [2.45, 2.75) is 50.2 Å². The third kappa shape index (κ3) is 4.14. The molecular weight excluding hydrogens is 454 g/mol. The number of hydrogen-bond donors (Lipinski definition) is 2. The molecule has 35 heavy (non-hydrogen) atoms. The third-order valence-corrected chi connectivity index (χ3v) is 8.92. The van der Waals surface area contributed by atoms with E-state index >= 15 is 0 Å². The van der Waals surface area contributed by atoms with E-state index in [2.05, 4.69) is 70.1 Å². The van der Waals surface area contributed by atoms with Gasteiger partial charge in [-0.15, -0.1) is 11.3 Å². The second-order valence-electron chi connectivity index (χ2n) is 10.00. The maximum atomic E-state index is 14.1. The average molecular weight is 486 g/mol. The Morgan fingerprint density at radius 3 is 2.54 bits per heavy atom. The largest absolute Gasteiger partial charge is 0.378 e. The maximum Gasteiger partial charge on any atom is 0.261 e. The summed E-state index contributed by atoms with van der Waals surface area (Å²) in [6.07, 6.45) is 4.75. The zero-order valence-electron chi connectivity index (χ0n) is 19.7. The Morgan fingerprint density at radius 1 is 0.914 bits per heavy atom. The molecule has 6 rings (SSSR count). The minimum atomic E-state index is -0.163. The Kier molecular flexibility index (Phi) is 6.06. The van der Waals surface area contributed by atoms with Gasteiger partial charge in [-0.2, -0.15) is 0 Å². The number of hydrogen-bond acceptors (Lipinski definition) is 4. The molecule has 5 atom stereocenters. The van der Waals surface area contributed by atoms with Crippen LogP contribution in [0.3, 0.4) is 0 Å². The number of amides is 2. The highest BCUT2D eigenvalue weighted by molar-refractivity contribution is 7.12. The van der Waals surface area contributed by atoms with E-state index in [1.54, 1.807) is 0 Å². The average Bonchev–Trinajstić information content (AvgIpc) is 3.60. The smallest absolute Gasteiger partial charge is 0.261 e. The van der Waals surface area contributed by atoms with Crippen molar-refractivity contribution in [2.24, 2.45) is 11.8 Å². The van der Waals surface area contributed by atoms with Crippen LogP contribution in [0.25, 0.3) is 0 Å². The van der Waals surface area contributed by atoms with Gasteiger partial charge in [0.25, 0.3) is 5.91 Å². The van der Waals surface area contributed by atoms with Gasteiger partial charge in [-0.1, -0.05) is 67.4 Å². The van der Waals surface area contributed by atoms with Crippen molar-refractivity contribution >= 4 is 28.8 Å². The quantitative estimate of drug-likeness (QED) is 0.491. The Morgan fingerprint density at radius 2 is 1.71 bits per heavy atom. The zero-order valence-corrected chi connectivity index (χ0v) is 20.5. The summed E-state index contributed by atoms with van der Waals surface area (Å²) in [4.78, 5) is 29.8. The van der Waals surface area contributed by atoms with Crippen LogP contribution in [0.1, 0.15) is 65.0 Å². The molecule has 3 heterocycles. The molecule has 2 aromatic carbocycles. The molecule has 2 aliphatic heterocycles. The number of likely N-dealkylation sites (tertiary alicyclic amines) is 1. The van der Waals surface area contributed by atoms with Gasteiger partial charge in [-0.3, -0.25) is 9.59 Å². The fourth-order valence-corrected chi connectivity index (χ4v) is 7.05. The lowest BCUT2D eigenvalue weighted by atomic mass is 9.79. The van der Waals surface area contributed by atoms with Gasteiger partial charge in [0.05, 0.1) is 22.9 Å². The summed E-state index contributed by atoms with van der Waals surface area (Å²) in [5.41, 5.74) is 3.60. The predicted octanol–water partition coefficient (Wildman–Crippen LogP) is 5.79. The van der Waals surface area contributed by atoms with Crippen LogP contribution in [-0.4, -0.2) is 29.3 Å². The molecule has 0 bridgehead atoms. The van der Waals surface area contributed by atoms with E-state index in [4.69, 9.17) is 0 Å². The van der Waals surface area contributed by atoms with Gasteiger partial charge in [0.2, 0.25) is 5.91 Å². The lowest BCUT2D eigenvalue weighted by molar-refractivity contribution is -0.138. The van der Waals surface area contributed by atoms with Gasteiger partial charge in [0.15, 0.2) is 0 Å². The number of carbonyl (C=O) groups is 2. The van der Waals surface area contributed by atoms with Gasteiger partial charge in [-0.25, -0.2) is 0 Å². The fourth-order valence-electron chi connectivity index (χ4n) is 6.42. The molecule has 1 saturated heterocycles. The van der Waals surface area contributed by atoms with Gasteiger partial charge in [0.1, 0.15) is 0 Å². The summed E-state index contributed by atoms with van der Waals surface area (Å²) in [5.74, 6) is 0.306. The number of rotatable bonds is 4. The van der Waals surface area contributed by atoms with E-state index in [1.807, 2.05) is 17.5 Å². The van der Waals surface area contributed by atoms with Crippen LogP contribution < -0.4 is 10.6 Å². The van der Waals surface area contributed by atoms with Crippen LogP contribution in [-0.2, 0) is 4.79 Å². The summed E-state index contributed by atoms with van der Waals surface area (Å²) in [5, 5.41) is 8.91. The number of anilines is 1. The molecule has 2 amide bonds. The van der Waals surface area contributed by atoms with E-state index in [0.29, 0.717) is 10.8 Å². The fraction of sp³-hybridized carbons (Fsp3) is 0.379. The number of carbonyl (C=O) groups excluding carboxylic acids is 2. The standard InChI is InChI=1S/C29H31N3O2S/c33-28(25-15-8-18-35-25)31-24-14-7-5-12-21(24)29(34)32-17-16-22-26(19-9-2-1-3-10-19)30-23-13-6-4-11-20(23)27(22)32/h1-4,6,8-11,13,15,18,21-22,24,26-27,30H,5,7,12,14,16-17H2,(H,31,33)/t21-,22+,24+,26-,27-/m0/s1. The molecule has 5 nitrogen and oxygen atoms in total. The Labute approximate surface area is 210 Å². The molecule has 3 aliphatic rings. The first-order valence-corrected chi connectivity index (χ1v) is 13.6. The highest BCUT2D eigenvalue weighted by Gasteiger charge is 2.48. The van der Waals surface area contributed by atoms with Crippen LogP contribution in [0.15, 0.2) is 72.1 Å². The molecule has 3 aromatic rings. The molecule has 1 saturated carbocycles. The Balaban J connectivity index is 1.29. The van der Waals surface area contributed by atoms with Crippen LogP contribution in [0, 0.1) is 11.8 Å². The van der Waals surface area contributed by atoms with Crippen molar-refractivity contribution in [3.05, 3.63) is 88.1 Å².